The Labute approximate surface area is 84.3 Å². The first kappa shape index (κ1) is 8.16. The minimum atomic E-state index is 0.255. The van der Waals surface area contributed by atoms with Crippen molar-refractivity contribution >= 4 is 0 Å². The van der Waals surface area contributed by atoms with Gasteiger partial charge in [0.25, 0.3) is 0 Å². The van der Waals surface area contributed by atoms with Crippen molar-refractivity contribution in [1.82, 2.24) is 5.32 Å². The molecule has 74 valence electrons. The Kier molecular flexibility index (Phi) is 1.86. The van der Waals surface area contributed by atoms with Crippen molar-refractivity contribution in [3.63, 3.8) is 0 Å². The summed E-state index contributed by atoms with van der Waals surface area (Å²) in [5.74, 6) is 1.06. The second kappa shape index (κ2) is 3.19. The van der Waals surface area contributed by atoms with Crippen LogP contribution in [0.5, 0.6) is 0 Å². The van der Waals surface area contributed by atoms with E-state index in [0.717, 1.165) is 18.6 Å². The van der Waals surface area contributed by atoms with Crippen molar-refractivity contribution in [1.29, 1.82) is 0 Å². The molecule has 2 heteroatoms. The zero-order chi connectivity index (χ0) is 9.38. The highest BCUT2D eigenvalue weighted by Crippen LogP contribution is 2.29. The van der Waals surface area contributed by atoms with Gasteiger partial charge < -0.3 is 10.1 Å². The number of nitrogens with one attached hydrogen (secondary N) is 1. The molecule has 14 heavy (non-hydrogen) atoms. The number of allylic oxidation sites excluding steroid dienone is 3. The van der Waals surface area contributed by atoms with Gasteiger partial charge in [0, 0.05) is 0 Å². The zero-order valence-corrected chi connectivity index (χ0v) is 8.20. The molecule has 0 saturated carbocycles. The molecule has 1 saturated heterocycles. The predicted octanol–water partition coefficient (Wildman–Crippen LogP) is 2.25. The van der Waals surface area contributed by atoms with Gasteiger partial charge >= 0.3 is 0 Å². The van der Waals surface area contributed by atoms with Crippen LogP contribution in [-0.2, 0) is 4.74 Å². The number of hydrogen-bond acceptors (Lipinski definition) is 2. The molecule has 2 unspecified atom stereocenters. The lowest BCUT2D eigenvalue weighted by Crippen LogP contribution is -2.46. The third-order valence-corrected chi connectivity index (χ3v) is 3.08. The largest absolute Gasteiger partial charge is 0.482 e. The van der Waals surface area contributed by atoms with E-state index in [1.165, 1.54) is 18.5 Å². The van der Waals surface area contributed by atoms with Gasteiger partial charge in [-0.05, 0) is 37.8 Å². The molecule has 0 aromatic carbocycles. The van der Waals surface area contributed by atoms with Crippen LogP contribution >= 0.6 is 0 Å². The maximum absolute atomic E-state index is 5.94. The summed E-state index contributed by atoms with van der Waals surface area (Å²) in [6, 6.07) is 0.487. The van der Waals surface area contributed by atoms with Crippen LogP contribution in [0, 0.1) is 0 Å². The van der Waals surface area contributed by atoms with E-state index in [4.69, 9.17) is 4.74 Å². The van der Waals surface area contributed by atoms with Crippen LogP contribution in [0.2, 0.25) is 0 Å². The van der Waals surface area contributed by atoms with E-state index in [1.807, 2.05) is 0 Å². The minimum Gasteiger partial charge on any atom is -0.482 e. The van der Waals surface area contributed by atoms with Crippen LogP contribution in [0.4, 0.5) is 0 Å². The minimum absolute atomic E-state index is 0.255. The van der Waals surface area contributed by atoms with E-state index in [-0.39, 0.29) is 6.10 Å². The van der Waals surface area contributed by atoms with Crippen LogP contribution in [-0.4, -0.2) is 12.1 Å². The van der Waals surface area contributed by atoms with Crippen molar-refractivity contribution in [2.75, 3.05) is 0 Å². The Bertz CT molecular complexity index is 327. The molecule has 1 aliphatic heterocycles. The molecule has 1 fully saturated rings. The van der Waals surface area contributed by atoms with Crippen LogP contribution in [0.15, 0.2) is 35.8 Å². The number of fused-ring (bicyclic) bond motifs is 2. The maximum Gasteiger partial charge on any atom is 0.139 e. The molecule has 2 aliphatic carbocycles. The highest BCUT2D eigenvalue weighted by atomic mass is 16.5. The highest BCUT2D eigenvalue weighted by molar-refractivity contribution is 5.32. The quantitative estimate of drug-likeness (QED) is 0.590. The topological polar surface area (TPSA) is 21.3 Å². The fourth-order valence-electron chi connectivity index (χ4n) is 2.32. The van der Waals surface area contributed by atoms with Gasteiger partial charge in [0.15, 0.2) is 0 Å². The Morgan fingerprint density at radius 2 is 2.14 bits per heavy atom. The van der Waals surface area contributed by atoms with Crippen molar-refractivity contribution in [2.45, 2.75) is 37.8 Å². The second-order valence-corrected chi connectivity index (χ2v) is 4.10. The fourth-order valence-corrected chi connectivity index (χ4v) is 2.32. The summed E-state index contributed by atoms with van der Waals surface area (Å²) in [6.45, 7) is 0. The van der Waals surface area contributed by atoms with Crippen LogP contribution in [0.3, 0.4) is 0 Å². The van der Waals surface area contributed by atoms with Gasteiger partial charge in [-0.3, -0.25) is 0 Å². The summed E-state index contributed by atoms with van der Waals surface area (Å²) >= 11 is 0. The number of ether oxygens (including phenoxy) is 1. The lowest BCUT2D eigenvalue weighted by atomic mass is 9.95. The molecule has 1 N–H and O–H groups in total. The first-order valence-corrected chi connectivity index (χ1v) is 5.44. The van der Waals surface area contributed by atoms with E-state index in [9.17, 15) is 0 Å². The lowest BCUT2D eigenvalue weighted by molar-refractivity contribution is 0.0898. The van der Waals surface area contributed by atoms with Crippen molar-refractivity contribution in [3.8, 4) is 0 Å². The molecule has 0 radical (unpaired) electrons. The number of hydrogen-bond donors (Lipinski definition) is 1. The molecule has 2 atom stereocenters. The third-order valence-electron chi connectivity index (χ3n) is 3.08. The van der Waals surface area contributed by atoms with Gasteiger partial charge in [0.1, 0.15) is 11.9 Å². The molecule has 0 bridgehead atoms. The summed E-state index contributed by atoms with van der Waals surface area (Å²) in [5.41, 5.74) is 1.22. The molecule has 3 rings (SSSR count). The van der Waals surface area contributed by atoms with Gasteiger partial charge in [-0.2, -0.15) is 0 Å². The first-order chi connectivity index (χ1) is 6.93. The average Bonchev–Trinajstić information content (AvgIpc) is 2.26. The molecule has 1 heterocycles. The molecular weight excluding hydrogens is 174 g/mol. The monoisotopic (exact) mass is 189 g/mol. The SMILES string of the molecule is C1=CC2OC3=CCCC=C3NC2CC1. The third kappa shape index (κ3) is 1.26. The average molecular weight is 189 g/mol. The van der Waals surface area contributed by atoms with E-state index < -0.39 is 0 Å². The Hall–Kier alpha value is -1.18. The second-order valence-electron chi connectivity index (χ2n) is 4.10. The van der Waals surface area contributed by atoms with Crippen molar-refractivity contribution in [3.05, 3.63) is 35.8 Å². The predicted molar refractivity (Wildman–Crippen MR) is 55.6 cm³/mol. The van der Waals surface area contributed by atoms with Gasteiger partial charge in [-0.25, -0.2) is 0 Å². The lowest BCUT2D eigenvalue weighted by Gasteiger charge is -2.38. The maximum atomic E-state index is 5.94. The van der Waals surface area contributed by atoms with Gasteiger partial charge in [0.05, 0.1) is 11.7 Å². The van der Waals surface area contributed by atoms with Gasteiger partial charge in [0.2, 0.25) is 0 Å². The van der Waals surface area contributed by atoms with Crippen LogP contribution in [0.25, 0.3) is 0 Å². The van der Waals surface area contributed by atoms with E-state index >= 15 is 0 Å². The first-order valence-electron chi connectivity index (χ1n) is 5.44. The van der Waals surface area contributed by atoms with E-state index in [2.05, 4.69) is 29.6 Å². The summed E-state index contributed by atoms with van der Waals surface area (Å²) in [4.78, 5) is 0. The molecule has 2 nitrogen and oxygen atoms in total. The van der Waals surface area contributed by atoms with Gasteiger partial charge in [-0.15, -0.1) is 0 Å². The van der Waals surface area contributed by atoms with Gasteiger partial charge in [-0.1, -0.05) is 12.2 Å². The zero-order valence-electron chi connectivity index (χ0n) is 8.20. The normalized spacial score (nSPS) is 34.3. The van der Waals surface area contributed by atoms with Crippen LogP contribution < -0.4 is 5.32 Å². The Morgan fingerprint density at radius 3 is 3.14 bits per heavy atom. The molecular formula is C12H15NO. The molecule has 0 aromatic rings. The standard InChI is InChI=1S/C12H15NO/c1-3-7-11-9(5-1)13-10-6-2-4-8-12(10)14-11/h3,6-9,11,13H,1-2,4-5H2. The summed E-state index contributed by atoms with van der Waals surface area (Å²) in [6.07, 6.45) is 13.7. The van der Waals surface area contributed by atoms with Crippen molar-refractivity contribution in [2.24, 2.45) is 0 Å². The molecule has 3 aliphatic rings. The fraction of sp³-hybridized carbons (Fsp3) is 0.500. The van der Waals surface area contributed by atoms with Crippen LogP contribution in [0.1, 0.15) is 25.7 Å². The van der Waals surface area contributed by atoms with E-state index in [0.29, 0.717) is 6.04 Å². The summed E-state index contributed by atoms with van der Waals surface area (Å²) in [7, 11) is 0. The Balaban J connectivity index is 1.87. The summed E-state index contributed by atoms with van der Waals surface area (Å²) in [5, 5.41) is 3.57. The Morgan fingerprint density at radius 1 is 1.21 bits per heavy atom. The summed E-state index contributed by atoms with van der Waals surface area (Å²) < 4.78 is 5.94. The molecule has 0 spiro atoms. The number of morpholine rings is 1. The highest BCUT2D eigenvalue weighted by Gasteiger charge is 2.30. The molecule has 0 aromatic heterocycles. The molecule has 0 amide bonds. The smallest absolute Gasteiger partial charge is 0.139 e. The number of rotatable bonds is 0. The van der Waals surface area contributed by atoms with E-state index in [1.54, 1.807) is 0 Å². The van der Waals surface area contributed by atoms with Crippen molar-refractivity contribution < 1.29 is 4.74 Å².